The zero-order valence-corrected chi connectivity index (χ0v) is 18.6. The molecule has 1 aliphatic heterocycles. The molecular formula is C20H19F3N6O4S. The van der Waals surface area contributed by atoms with E-state index in [1.165, 1.54) is 17.9 Å². The standard InChI is InChI=1S/C20H19F3N6O4S/c1-12-10-14(17(33-12)20(21,22)23)24-18(30)27-6-8-28(9-7-27)19-25-16(26-34-19)11-13-4-2-3-5-15(13)29(31)32/h2-5,10H,6-9,11H2,1H3,(H,24,30). The lowest BCUT2D eigenvalue weighted by Gasteiger charge is -2.34. The number of amides is 2. The minimum absolute atomic E-state index is 0.0000247. The Balaban J connectivity index is 1.36. The van der Waals surface area contributed by atoms with Crippen molar-refractivity contribution in [1.29, 1.82) is 0 Å². The van der Waals surface area contributed by atoms with E-state index in [4.69, 9.17) is 0 Å². The molecule has 2 amide bonds. The van der Waals surface area contributed by atoms with Crippen LogP contribution in [0.2, 0.25) is 0 Å². The Morgan fingerprint density at radius 2 is 1.97 bits per heavy atom. The Hall–Kier alpha value is -3.68. The molecule has 4 rings (SSSR count). The molecule has 1 N–H and O–H groups in total. The fraction of sp³-hybridized carbons (Fsp3) is 0.350. The maximum absolute atomic E-state index is 13.1. The molecule has 0 bridgehead atoms. The molecule has 0 spiro atoms. The largest absolute Gasteiger partial charge is 0.455 e. The minimum Gasteiger partial charge on any atom is -0.455 e. The van der Waals surface area contributed by atoms with Crippen LogP contribution in [0.5, 0.6) is 0 Å². The number of rotatable bonds is 5. The first-order valence-electron chi connectivity index (χ1n) is 10.1. The number of aromatic nitrogens is 2. The van der Waals surface area contributed by atoms with E-state index in [-0.39, 0.29) is 31.0 Å². The van der Waals surface area contributed by atoms with Gasteiger partial charge in [0.25, 0.3) is 5.69 Å². The number of benzene rings is 1. The number of anilines is 2. The topological polar surface area (TPSA) is 118 Å². The molecule has 1 aliphatic rings. The molecule has 0 aliphatic carbocycles. The number of carbonyl (C=O) groups is 1. The molecule has 0 unspecified atom stereocenters. The van der Waals surface area contributed by atoms with E-state index >= 15 is 0 Å². The van der Waals surface area contributed by atoms with Crippen LogP contribution in [0, 0.1) is 17.0 Å². The molecule has 1 aromatic carbocycles. The van der Waals surface area contributed by atoms with Crippen LogP contribution < -0.4 is 10.2 Å². The van der Waals surface area contributed by atoms with Crippen molar-refractivity contribution in [3.63, 3.8) is 0 Å². The van der Waals surface area contributed by atoms with Crippen molar-refractivity contribution < 1.29 is 27.3 Å². The molecule has 0 saturated carbocycles. The van der Waals surface area contributed by atoms with Crippen molar-refractivity contribution >= 4 is 34.1 Å². The first-order chi connectivity index (χ1) is 16.1. The Bertz CT molecular complexity index is 1200. The summed E-state index contributed by atoms with van der Waals surface area (Å²) >= 11 is 1.15. The van der Waals surface area contributed by atoms with Gasteiger partial charge in [0.15, 0.2) is 0 Å². The average Bonchev–Trinajstić information content (AvgIpc) is 3.40. The first-order valence-corrected chi connectivity index (χ1v) is 10.9. The van der Waals surface area contributed by atoms with Crippen LogP contribution in [0.1, 0.15) is 22.9 Å². The van der Waals surface area contributed by atoms with Gasteiger partial charge in [-0.2, -0.15) is 17.5 Å². The SMILES string of the molecule is Cc1cc(NC(=O)N2CCN(c3nc(Cc4ccccc4[N+](=O)[O-])ns3)CC2)c(C(F)(F)F)o1. The van der Waals surface area contributed by atoms with Crippen LogP contribution in [-0.2, 0) is 12.6 Å². The van der Waals surface area contributed by atoms with Gasteiger partial charge in [-0.3, -0.25) is 10.1 Å². The van der Waals surface area contributed by atoms with E-state index in [0.717, 1.165) is 17.6 Å². The van der Waals surface area contributed by atoms with E-state index < -0.39 is 28.6 Å². The first kappa shape index (κ1) is 23.5. The van der Waals surface area contributed by atoms with Gasteiger partial charge in [0.1, 0.15) is 11.6 Å². The van der Waals surface area contributed by atoms with Gasteiger partial charge in [0, 0.05) is 61.8 Å². The van der Waals surface area contributed by atoms with Gasteiger partial charge in [-0.05, 0) is 6.92 Å². The number of nitrogens with one attached hydrogen (secondary N) is 1. The number of para-hydroxylation sites is 1. The average molecular weight is 496 g/mol. The number of nitro groups is 1. The summed E-state index contributed by atoms with van der Waals surface area (Å²) in [5.74, 6) is -0.748. The highest BCUT2D eigenvalue weighted by Crippen LogP contribution is 2.37. The molecule has 0 radical (unpaired) electrons. The lowest BCUT2D eigenvalue weighted by atomic mass is 10.1. The summed E-state index contributed by atoms with van der Waals surface area (Å²) in [6, 6.07) is 6.87. The molecule has 3 heterocycles. The Kier molecular flexibility index (Phi) is 6.41. The Labute approximate surface area is 195 Å². The van der Waals surface area contributed by atoms with Gasteiger partial charge in [-0.15, -0.1) is 0 Å². The second kappa shape index (κ2) is 9.29. The smallest absolute Gasteiger partial charge is 0.451 e. The lowest BCUT2D eigenvalue weighted by molar-refractivity contribution is -0.385. The van der Waals surface area contributed by atoms with Crippen molar-refractivity contribution in [2.75, 3.05) is 36.4 Å². The summed E-state index contributed by atoms with van der Waals surface area (Å²) < 4.78 is 48.2. The summed E-state index contributed by atoms with van der Waals surface area (Å²) in [6.07, 6.45) is -4.51. The number of halogens is 3. The molecule has 10 nitrogen and oxygen atoms in total. The van der Waals surface area contributed by atoms with Crippen molar-refractivity contribution in [1.82, 2.24) is 14.3 Å². The number of hydrogen-bond donors (Lipinski definition) is 1. The molecule has 3 aromatic rings. The molecule has 14 heteroatoms. The zero-order chi connectivity index (χ0) is 24.5. The predicted molar refractivity (Wildman–Crippen MR) is 117 cm³/mol. The number of nitrogens with zero attached hydrogens (tertiary/aromatic N) is 5. The quantitative estimate of drug-likeness (QED) is 0.413. The van der Waals surface area contributed by atoms with Gasteiger partial charge >= 0.3 is 12.2 Å². The highest BCUT2D eigenvalue weighted by molar-refractivity contribution is 7.09. The fourth-order valence-electron chi connectivity index (χ4n) is 3.57. The predicted octanol–water partition coefficient (Wildman–Crippen LogP) is 4.31. The fourth-order valence-corrected chi connectivity index (χ4v) is 4.30. The lowest BCUT2D eigenvalue weighted by Crippen LogP contribution is -2.50. The number of alkyl halides is 3. The van der Waals surface area contributed by atoms with Crippen LogP contribution in [0.4, 0.5) is 34.5 Å². The van der Waals surface area contributed by atoms with Crippen molar-refractivity contribution in [2.24, 2.45) is 0 Å². The third-order valence-corrected chi connectivity index (χ3v) is 6.00. The maximum atomic E-state index is 13.1. The van der Waals surface area contributed by atoms with Crippen LogP contribution in [0.15, 0.2) is 34.7 Å². The molecular weight excluding hydrogens is 477 g/mol. The highest BCUT2D eigenvalue weighted by Gasteiger charge is 2.39. The Morgan fingerprint density at radius 3 is 2.65 bits per heavy atom. The third-order valence-electron chi connectivity index (χ3n) is 5.19. The number of piperazine rings is 1. The summed E-state index contributed by atoms with van der Waals surface area (Å²) in [5, 5.41) is 14.1. The highest BCUT2D eigenvalue weighted by atomic mass is 32.1. The second-order valence-corrected chi connectivity index (χ2v) is 8.29. The summed E-state index contributed by atoms with van der Waals surface area (Å²) in [5.41, 5.74) is 0.0900. The number of furan rings is 1. The summed E-state index contributed by atoms with van der Waals surface area (Å²) in [4.78, 5) is 31.0. The molecule has 180 valence electrons. The van der Waals surface area contributed by atoms with E-state index in [9.17, 15) is 28.1 Å². The van der Waals surface area contributed by atoms with Crippen LogP contribution >= 0.6 is 11.5 Å². The van der Waals surface area contributed by atoms with Crippen molar-refractivity contribution in [3.8, 4) is 0 Å². The zero-order valence-electron chi connectivity index (χ0n) is 17.8. The molecule has 0 atom stereocenters. The number of nitro benzene ring substituents is 1. The van der Waals surface area contributed by atoms with Gasteiger partial charge < -0.3 is 19.5 Å². The van der Waals surface area contributed by atoms with Crippen molar-refractivity contribution in [3.05, 3.63) is 63.4 Å². The molecule has 1 fully saturated rings. The van der Waals surface area contributed by atoms with Crippen LogP contribution in [0.25, 0.3) is 0 Å². The van der Waals surface area contributed by atoms with Gasteiger partial charge in [0.05, 0.1) is 10.6 Å². The molecule has 1 saturated heterocycles. The number of urea groups is 1. The maximum Gasteiger partial charge on any atom is 0.451 e. The minimum atomic E-state index is -4.72. The van der Waals surface area contributed by atoms with Crippen LogP contribution in [0.3, 0.4) is 0 Å². The molecule has 34 heavy (non-hydrogen) atoms. The molecule has 2 aromatic heterocycles. The number of aryl methyl sites for hydroxylation is 1. The normalized spacial score (nSPS) is 14.4. The monoisotopic (exact) mass is 496 g/mol. The summed E-state index contributed by atoms with van der Waals surface area (Å²) in [7, 11) is 0. The van der Waals surface area contributed by atoms with Gasteiger partial charge in [-0.25, -0.2) is 9.78 Å². The number of hydrogen-bond acceptors (Lipinski definition) is 8. The van der Waals surface area contributed by atoms with Gasteiger partial charge in [-0.1, -0.05) is 18.2 Å². The Morgan fingerprint density at radius 1 is 1.26 bits per heavy atom. The van der Waals surface area contributed by atoms with Gasteiger partial charge in [0.2, 0.25) is 10.9 Å². The van der Waals surface area contributed by atoms with E-state index in [1.54, 1.807) is 18.2 Å². The summed E-state index contributed by atoms with van der Waals surface area (Å²) in [6.45, 7) is 2.72. The van der Waals surface area contributed by atoms with E-state index in [0.29, 0.717) is 29.6 Å². The number of carbonyl (C=O) groups excluding carboxylic acids is 1. The third kappa shape index (κ3) is 5.11. The van der Waals surface area contributed by atoms with E-state index in [2.05, 4.69) is 19.1 Å². The van der Waals surface area contributed by atoms with Crippen molar-refractivity contribution in [2.45, 2.75) is 19.5 Å². The second-order valence-electron chi connectivity index (χ2n) is 7.56. The van der Waals surface area contributed by atoms with Crippen LogP contribution in [-0.4, -0.2) is 51.4 Å². The van der Waals surface area contributed by atoms with E-state index in [1.807, 2.05) is 4.90 Å².